The highest BCUT2D eigenvalue weighted by molar-refractivity contribution is 5.58. The Morgan fingerprint density at radius 1 is 1.39 bits per heavy atom. The number of nitrogens with zero attached hydrogens (tertiary/aromatic N) is 1. The standard InChI is InChI=1S/C15H19NO2/c1-16-8-7-11-10-12(5-6-13(11)16)15(17)14-4-2-3-9-18-14/h4-6,10,15,17H,2-3,7-9H2,1H3. The molecule has 2 aliphatic heterocycles. The zero-order valence-electron chi connectivity index (χ0n) is 10.7. The lowest BCUT2D eigenvalue weighted by atomic mass is 10.0. The highest BCUT2D eigenvalue weighted by Gasteiger charge is 2.21. The molecule has 2 heterocycles. The predicted molar refractivity (Wildman–Crippen MR) is 71.6 cm³/mol. The Bertz CT molecular complexity index is 481. The van der Waals surface area contributed by atoms with Gasteiger partial charge in [0.1, 0.15) is 11.9 Å². The molecule has 0 spiro atoms. The molecule has 0 aliphatic carbocycles. The van der Waals surface area contributed by atoms with Crippen molar-refractivity contribution < 1.29 is 9.84 Å². The fourth-order valence-corrected chi connectivity index (χ4v) is 2.69. The highest BCUT2D eigenvalue weighted by Crippen LogP contribution is 2.32. The van der Waals surface area contributed by atoms with E-state index >= 15 is 0 Å². The average Bonchev–Trinajstić information content (AvgIpc) is 2.80. The Hall–Kier alpha value is -1.48. The molecule has 1 unspecified atom stereocenters. The van der Waals surface area contributed by atoms with Crippen molar-refractivity contribution in [3.05, 3.63) is 41.2 Å². The summed E-state index contributed by atoms with van der Waals surface area (Å²) in [7, 11) is 2.11. The molecular formula is C15H19NO2. The number of allylic oxidation sites excluding steroid dienone is 1. The lowest BCUT2D eigenvalue weighted by molar-refractivity contribution is 0.0918. The van der Waals surface area contributed by atoms with Crippen LogP contribution in [0.25, 0.3) is 0 Å². The van der Waals surface area contributed by atoms with Crippen LogP contribution in [0.15, 0.2) is 30.0 Å². The zero-order valence-corrected chi connectivity index (χ0v) is 10.7. The van der Waals surface area contributed by atoms with Gasteiger partial charge in [0.25, 0.3) is 0 Å². The van der Waals surface area contributed by atoms with Crippen molar-refractivity contribution in [1.29, 1.82) is 0 Å². The summed E-state index contributed by atoms with van der Waals surface area (Å²) in [5.41, 5.74) is 3.55. The Kier molecular flexibility index (Phi) is 3.00. The van der Waals surface area contributed by atoms with E-state index < -0.39 is 6.10 Å². The number of likely N-dealkylation sites (N-methyl/N-ethyl adjacent to an activating group) is 1. The van der Waals surface area contributed by atoms with Crippen molar-refractivity contribution in [2.75, 3.05) is 25.1 Å². The van der Waals surface area contributed by atoms with Gasteiger partial charge in [-0.25, -0.2) is 0 Å². The summed E-state index contributed by atoms with van der Waals surface area (Å²) in [5, 5.41) is 10.3. The smallest absolute Gasteiger partial charge is 0.136 e. The summed E-state index contributed by atoms with van der Waals surface area (Å²) < 4.78 is 5.54. The van der Waals surface area contributed by atoms with Crippen LogP contribution < -0.4 is 4.90 Å². The lowest BCUT2D eigenvalue weighted by Gasteiger charge is -2.21. The highest BCUT2D eigenvalue weighted by atomic mass is 16.5. The number of hydrogen-bond donors (Lipinski definition) is 1. The molecule has 96 valence electrons. The third-order valence-electron chi connectivity index (χ3n) is 3.78. The third-order valence-corrected chi connectivity index (χ3v) is 3.78. The first-order valence-electron chi connectivity index (χ1n) is 6.60. The van der Waals surface area contributed by atoms with E-state index in [2.05, 4.69) is 24.1 Å². The fraction of sp³-hybridized carbons (Fsp3) is 0.467. The van der Waals surface area contributed by atoms with Gasteiger partial charge in [0.15, 0.2) is 0 Å². The van der Waals surface area contributed by atoms with Crippen molar-refractivity contribution in [2.24, 2.45) is 0 Å². The molecular weight excluding hydrogens is 226 g/mol. The minimum atomic E-state index is -0.610. The summed E-state index contributed by atoms with van der Waals surface area (Å²) in [6.07, 6.45) is 4.51. The van der Waals surface area contributed by atoms with Gasteiger partial charge in [0.2, 0.25) is 0 Å². The van der Waals surface area contributed by atoms with Crippen LogP contribution in [0.5, 0.6) is 0 Å². The van der Waals surface area contributed by atoms with Crippen LogP contribution in [-0.4, -0.2) is 25.3 Å². The van der Waals surface area contributed by atoms with Crippen molar-refractivity contribution in [1.82, 2.24) is 0 Å². The lowest BCUT2D eigenvalue weighted by Crippen LogP contribution is -2.12. The average molecular weight is 245 g/mol. The molecule has 0 saturated heterocycles. The third kappa shape index (κ3) is 1.99. The van der Waals surface area contributed by atoms with Crippen molar-refractivity contribution in [2.45, 2.75) is 25.4 Å². The van der Waals surface area contributed by atoms with Crippen LogP contribution in [0, 0.1) is 0 Å². The Labute approximate surface area is 108 Å². The molecule has 0 amide bonds. The van der Waals surface area contributed by atoms with E-state index in [1.807, 2.05) is 12.1 Å². The molecule has 1 N–H and O–H groups in total. The minimum absolute atomic E-state index is 0.610. The number of hydrogen-bond acceptors (Lipinski definition) is 3. The first kappa shape index (κ1) is 11.6. The summed E-state index contributed by atoms with van der Waals surface area (Å²) in [6.45, 7) is 1.78. The fourth-order valence-electron chi connectivity index (χ4n) is 2.69. The molecule has 1 aromatic carbocycles. The van der Waals surface area contributed by atoms with Gasteiger partial charge in [-0.2, -0.15) is 0 Å². The molecule has 3 nitrogen and oxygen atoms in total. The van der Waals surface area contributed by atoms with Gasteiger partial charge in [0.05, 0.1) is 6.61 Å². The molecule has 0 bridgehead atoms. The number of ether oxygens (including phenoxy) is 1. The number of benzene rings is 1. The molecule has 18 heavy (non-hydrogen) atoms. The molecule has 0 aromatic heterocycles. The zero-order chi connectivity index (χ0) is 12.5. The number of aliphatic hydroxyl groups is 1. The number of aliphatic hydroxyl groups excluding tert-OH is 1. The summed E-state index contributed by atoms with van der Waals surface area (Å²) in [6, 6.07) is 6.22. The van der Waals surface area contributed by atoms with E-state index in [1.54, 1.807) is 0 Å². The molecule has 3 heteroatoms. The molecule has 3 rings (SSSR count). The van der Waals surface area contributed by atoms with Gasteiger partial charge in [-0.15, -0.1) is 0 Å². The van der Waals surface area contributed by atoms with Gasteiger partial charge in [-0.1, -0.05) is 12.1 Å². The predicted octanol–water partition coefficient (Wildman–Crippen LogP) is 2.41. The first-order valence-corrected chi connectivity index (χ1v) is 6.60. The monoisotopic (exact) mass is 245 g/mol. The van der Waals surface area contributed by atoms with E-state index in [0.29, 0.717) is 5.76 Å². The summed E-state index contributed by atoms with van der Waals surface area (Å²) in [4.78, 5) is 2.25. The number of fused-ring (bicyclic) bond motifs is 1. The summed E-state index contributed by atoms with van der Waals surface area (Å²) in [5.74, 6) is 0.715. The van der Waals surface area contributed by atoms with Crippen LogP contribution in [-0.2, 0) is 11.2 Å². The van der Waals surface area contributed by atoms with Crippen molar-refractivity contribution in [3.63, 3.8) is 0 Å². The molecule has 1 atom stereocenters. The van der Waals surface area contributed by atoms with Crippen LogP contribution in [0.3, 0.4) is 0 Å². The van der Waals surface area contributed by atoms with Gasteiger partial charge >= 0.3 is 0 Å². The number of anilines is 1. The quantitative estimate of drug-likeness (QED) is 0.868. The first-order chi connectivity index (χ1) is 8.75. The second-order valence-electron chi connectivity index (χ2n) is 5.06. The Morgan fingerprint density at radius 3 is 3.06 bits per heavy atom. The van der Waals surface area contributed by atoms with E-state index in [-0.39, 0.29) is 0 Å². The molecule has 2 aliphatic rings. The Morgan fingerprint density at radius 2 is 2.28 bits per heavy atom. The summed E-state index contributed by atoms with van der Waals surface area (Å²) >= 11 is 0. The van der Waals surface area contributed by atoms with Crippen LogP contribution >= 0.6 is 0 Å². The number of rotatable bonds is 2. The topological polar surface area (TPSA) is 32.7 Å². The van der Waals surface area contributed by atoms with Crippen molar-refractivity contribution in [3.8, 4) is 0 Å². The SMILES string of the molecule is CN1CCc2cc(C(O)C3=CCCCO3)ccc21. The van der Waals surface area contributed by atoms with Gasteiger partial charge < -0.3 is 14.7 Å². The molecule has 0 saturated carbocycles. The second kappa shape index (κ2) is 4.65. The largest absolute Gasteiger partial charge is 0.495 e. The van der Waals surface area contributed by atoms with Gasteiger partial charge in [-0.05, 0) is 42.5 Å². The van der Waals surface area contributed by atoms with Crippen LogP contribution in [0.1, 0.15) is 30.1 Å². The van der Waals surface area contributed by atoms with Crippen molar-refractivity contribution >= 4 is 5.69 Å². The maximum Gasteiger partial charge on any atom is 0.136 e. The molecule has 0 fully saturated rings. The second-order valence-corrected chi connectivity index (χ2v) is 5.06. The minimum Gasteiger partial charge on any atom is -0.495 e. The molecule has 0 radical (unpaired) electrons. The van der Waals surface area contributed by atoms with Crippen LogP contribution in [0.4, 0.5) is 5.69 Å². The Balaban J connectivity index is 1.86. The van der Waals surface area contributed by atoms with E-state index in [1.165, 1.54) is 11.3 Å². The normalized spacial score (nSPS) is 20.1. The maximum absolute atomic E-state index is 10.3. The van der Waals surface area contributed by atoms with E-state index in [9.17, 15) is 5.11 Å². The van der Waals surface area contributed by atoms with E-state index in [0.717, 1.165) is 38.0 Å². The maximum atomic E-state index is 10.3. The van der Waals surface area contributed by atoms with Gasteiger partial charge in [-0.3, -0.25) is 0 Å². The van der Waals surface area contributed by atoms with Crippen LogP contribution in [0.2, 0.25) is 0 Å². The van der Waals surface area contributed by atoms with Gasteiger partial charge in [0, 0.05) is 19.3 Å². The van der Waals surface area contributed by atoms with E-state index in [4.69, 9.17) is 4.74 Å². The molecule has 1 aromatic rings.